The lowest BCUT2D eigenvalue weighted by molar-refractivity contribution is -0.140. The molecule has 1 saturated carbocycles. The van der Waals surface area contributed by atoms with Crippen LogP contribution in [0.25, 0.3) is 0 Å². The summed E-state index contributed by atoms with van der Waals surface area (Å²) in [6.07, 6.45) is 3.54. The zero-order valence-electron chi connectivity index (χ0n) is 16.5. The Labute approximate surface area is 176 Å². The molecule has 0 saturated heterocycles. The van der Waals surface area contributed by atoms with Gasteiger partial charge >= 0.3 is 0 Å². The maximum Gasteiger partial charge on any atom is 0.226 e. The molecule has 5 nitrogen and oxygen atoms in total. The fourth-order valence-corrected chi connectivity index (χ4v) is 4.01. The Morgan fingerprint density at radius 1 is 1.24 bits per heavy atom. The van der Waals surface area contributed by atoms with Gasteiger partial charge in [0, 0.05) is 29.5 Å². The van der Waals surface area contributed by atoms with E-state index in [2.05, 4.69) is 5.16 Å². The molecule has 0 bridgehead atoms. The van der Waals surface area contributed by atoms with Crippen LogP contribution < -0.4 is 4.74 Å². The van der Waals surface area contributed by atoms with Gasteiger partial charge in [-0.05, 0) is 36.6 Å². The monoisotopic (exact) mass is 412 g/mol. The average Bonchev–Trinajstić information content (AvgIpc) is 3.15. The summed E-state index contributed by atoms with van der Waals surface area (Å²) < 4.78 is 5.33. The van der Waals surface area contributed by atoms with E-state index in [1.165, 1.54) is 0 Å². The van der Waals surface area contributed by atoms with E-state index in [1.54, 1.807) is 7.11 Å². The second-order valence-corrected chi connectivity index (χ2v) is 8.05. The van der Waals surface area contributed by atoms with Gasteiger partial charge in [-0.25, -0.2) is 0 Å². The van der Waals surface area contributed by atoms with E-state index in [0.717, 1.165) is 41.9 Å². The smallest absolute Gasteiger partial charge is 0.226 e. The Bertz CT molecular complexity index is 911. The van der Waals surface area contributed by atoms with Gasteiger partial charge in [0.05, 0.1) is 19.4 Å². The lowest BCUT2D eigenvalue weighted by Gasteiger charge is -2.32. The number of hydrogen-bond acceptors (Lipinski definition) is 4. The Hall–Kier alpha value is -2.53. The standard InChI is InChI=1S/C23H25ClN2O3/c1-28-18-9-4-6-16(12-18)14-26(23(27)17-7-5-8-17)15-19-13-22(25-29-19)20-10-2-3-11-21(20)24/h2-4,6,9-12,17,19H,5,7-8,13-15H2,1H3/t19-/m0/s1. The predicted octanol–water partition coefficient (Wildman–Crippen LogP) is 4.67. The van der Waals surface area contributed by atoms with Gasteiger partial charge in [-0.1, -0.05) is 53.5 Å². The zero-order chi connectivity index (χ0) is 20.2. The molecule has 0 N–H and O–H groups in total. The van der Waals surface area contributed by atoms with E-state index in [-0.39, 0.29) is 17.9 Å². The average molecular weight is 413 g/mol. The van der Waals surface area contributed by atoms with Crippen LogP contribution in [0.4, 0.5) is 0 Å². The fourth-order valence-electron chi connectivity index (χ4n) is 3.76. The summed E-state index contributed by atoms with van der Waals surface area (Å²) in [6.45, 7) is 1.04. The minimum atomic E-state index is -0.170. The van der Waals surface area contributed by atoms with Crippen molar-refractivity contribution in [2.45, 2.75) is 38.3 Å². The molecule has 1 fully saturated rings. The number of carbonyl (C=O) groups excluding carboxylic acids is 1. The van der Waals surface area contributed by atoms with Gasteiger partial charge in [-0.15, -0.1) is 0 Å². The lowest BCUT2D eigenvalue weighted by atomic mass is 9.84. The van der Waals surface area contributed by atoms with Crippen LogP contribution in [0, 0.1) is 5.92 Å². The van der Waals surface area contributed by atoms with E-state index in [1.807, 2.05) is 53.4 Å². The van der Waals surface area contributed by atoms with Crippen molar-refractivity contribution in [2.24, 2.45) is 11.1 Å². The highest BCUT2D eigenvalue weighted by Crippen LogP contribution is 2.30. The predicted molar refractivity (Wildman–Crippen MR) is 113 cm³/mol. The van der Waals surface area contributed by atoms with Gasteiger partial charge < -0.3 is 14.5 Å². The highest BCUT2D eigenvalue weighted by Gasteiger charge is 2.33. The molecule has 0 aromatic heterocycles. The molecule has 1 aliphatic heterocycles. The van der Waals surface area contributed by atoms with Crippen molar-refractivity contribution >= 4 is 23.2 Å². The molecule has 1 atom stereocenters. The lowest BCUT2D eigenvalue weighted by Crippen LogP contribution is -2.42. The van der Waals surface area contributed by atoms with Crippen molar-refractivity contribution in [2.75, 3.05) is 13.7 Å². The molecule has 2 aromatic carbocycles. The summed E-state index contributed by atoms with van der Waals surface area (Å²) >= 11 is 6.30. The molecule has 0 spiro atoms. The number of methoxy groups -OCH3 is 1. The quantitative estimate of drug-likeness (QED) is 0.664. The van der Waals surface area contributed by atoms with E-state index >= 15 is 0 Å². The Balaban J connectivity index is 1.46. The molecule has 1 amide bonds. The van der Waals surface area contributed by atoms with Crippen LogP contribution in [0.5, 0.6) is 5.75 Å². The van der Waals surface area contributed by atoms with Gasteiger partial charge in [0.1, 0.15) is 5.75 Å². The van der Waals surface area contributed by atoms with Gasteiger partial charge in [-0.3, -0.25) is 4.79 Å². The molecule has 152 valence electrons. The minimum absolute atomic E-state index is 0.131. The number of nitrogens with zero attached hydrogens (tertiary/aromatic N) is 2. The van der Waals surface area contributed by atoms with Crippen LogP contribution in [0.15, 0.2) is 53.7 Å². The minimum Gasteiger partial charge on any atom is -0.497 e. The van der Waals surface area contributed by atoms with E-state index in [9.17, 15) is 4.79 Å². The summed E-state index contributed by atoms with van der Waals surface area (Å²) in [5.74, 6) is 1.12. The van der Waals surface area contributed by atoms with E-state index < -0.39 is 0 Å². The van der Waals surface area contributed by atoms with E-state index in [4.69, 9.17) is 21.2 Å². The molecule has 1 aliphatic carbocycles. The first-order chi connectivity index (χ1) is 14.1. The van der Waals surface area contributed by atoms with Crippen LogP contribution in [0.3, 0.4) is 0 Å². The highest BCUT2D eigenvalue weighted by molar-refractivity contribution is 6.34. The topological polar surface area (TPSA) is 51.1 Å². The number of halogens is 1. The van der Waals surface area contributed by atoms with Crippen LogP contribution in [-0.2, 0) is 16.2 Å². The first kappa shape index (κ1) is 19.8. The molecule has 4 rings (SSSR count). The van der Waals surface area contributed by atoms with Crippen molar-refractivity contribution in [3.05, 3.63) is 64.7 Å². The number of carbonyl (C=O) groups is 1. The summed E-state index contributed by atoms with van der Waals surface area (Å²) in [7, 11) is 1.65. The number of hydrogen-bond donors (Lipinski definition) is 0. The Morgan fingerprint density at radius 2 is 2.07 bits per heavy atom. The molecule has 6 heteroatoms. The largest absolute Gasteiger partial charge is 0.497 e. The number of benzene rings is 2. The summed E-state index contributed by atoms with van der Waals surface area (Å²) in [6, 6.07) is 15.5. The van der Waals surface area contributed by atoms with Crippen molar-refractivity contribution in [3.8, 4) is 5.75 Å². The van der Waals surface area contributed by atoms with Crippen molar-refractivity contribution in [3.63, 3.8) is 0 Å². The van der Waals surface area contributed by atoms with Crippen LogP contribution >= 0.6 is 11.6 Å². The Morgan fingerprint density at radius 3 is 2.79 bits per heavy atom. The normalized spacial score (nSPS) is 18.6. The maximum absolute atomic E-state index is 13.1. The summed E-state index contributed by atoms with van der Waals surface area (Å²) in [4.78, 5) is 20.6. The molecular formula is C23H25ClN2O3. The highest BCUT2D eigenvalue weighted by atomic mass is 35.5. The van der Waals surface area contributed by atoms with Crippen molar-refractivity contribution in [1.29, 1.82) is 0 Å². The summed E-state index contributed by atoms with van der Waals surface area (Å²) in [5.41, 5.74) is 2.77. The molecule has 0 radical (unpaired) electrons. The molecule has 2 aliphatic rings. The summed E-state index contributed by atoms with van der Waals surface area (Å²) in [5, 5.41) is 4.91. The first-order valence-corrected chi connectivity index (χ1v) is 10.4. The second-order valence-electron chi connectivity index (χ2n) is 7.65. The van der Waals surface area contributed by atoms with Gasteiger partial charge in [0.2, 0.25) is 5.91 Å². The third kappa shape index (κ3) is 4.56. The number of amides is 1. The molecule has 29 heavy (non-hydrogen) atoms. The maximum atomic E-state index is 13.1. The fraction of sp³-hybridized carbons (Fsp3) is 0.391. The molecule has 2 aromatic rings. The molecule has 1 heterocycles. The van der Waals surface area contributed by atoms with E-state index in [0.29, 0.717) is 24.5 Å². The van der Waals surface area contributed by atoms with Crippen LogP contribution in [0.1, 0.15) is 36.8 Å². The van der Waals surface area contributed by atoms with Crippen molar-refractivity contribution in [1.82, 2.24) is 4.90 Å². The third-order valence-corrected chi connectivity index (χ3v) is 5.95. The Kier molecular flexibility index (Phi) is 6.05. The van der Waals surface area contributed by atoms with Gasteiger partial charge in [-0.2, -0.15) is 0 Å². The third-order valence-electron chi connectivity index (χ3n) is 5.62. The van der Waals surface area contributed by atoms with Gasteiger partial charge in [0.15, 0.2) is 6.10 Å². The molecular weight excluding hydrogens is 388 g/mol. The second kappa shape index (κ2) is 8.87. The number of oxime groups is 1. The van der Waals surface area contributed by atoms with Crippen molar-refractivity contribution < 1.29 is 14.4 Å². The van der Waals surface area contributed by atoms with Crippen LogP contribution in [-0.4, -0.2) is 36.3 Å². The van der Waals surface area contributed by atoms with Crippen LogP contribution in [0.2, 0.25) is 5.02 Å². The number of ether oxygens (including phenoxy) is 1. The SMILES string of the molecule is COc1cccc(CN(C[C@@H]2CC(c3ccccc3Cl)=NO2)C(=O)C2CCC2)c1. The first-order valence-electron chi connectivity index (χ1n) is 10.0. The molecule has 0 unspecified atom stereocenters. The van der Waals surface area contributed by atoms with Gasteiger partial charge in [0.25, 0.3) is 0 Å². The number of rotatable bonds is 7. The zero-order valence-corrected chi connectivity index (χ0v) is 17.3.